The van der Waals surface area contributed by atoms with Gasteiger partial charge >= 0.3 is 18.3 Å². The Morgan fingerprint density at radius 2 is 0.765 bits per heavy atom. The van der Waals surface area contributed by atoms with E-state index < -0.39 is 40.6 Å². The summed E-state index contributed by atoms with van der Waals surface area (Å²) in [7, 11) is 0. The average molecular weight is 491 g/mol. The second kappa shape index (κ2) is 14.9. The maximum Gasteiger partial charge on any atom is 0.407 e. The summed E-state index contributed by atoms with van der Waals surface area (Å²) in [5.74, 6) is 0. The fourth-order valence-electron chi connectivity index (χ4n) is 2.56. The van der Waals surface area contributed by atoms with Crippen molar-refractivity contribution in [1.82, 2.24) is 16.0 Å². The molecular weight excluding hydrogens is 440 g/mol. The van der Waals surface area contributed by atoms with Crippen molar-refractivity contribution >= 4 is 18.3 Å². The van der Waals surface area contributed by atoms with E-state index in [1.54, 1.807) is 62.3 Å². The Balaban J connectivity index is 0. The molecule has 5 N–H and O–H groups in total. The van der Waals surface area contributed by atoms with E-state index in [1.807, 2.05) is 13.8 Å². The number of carbonyl (C=O) groups excluding carboxylic acids is 3. The van der Waals surface area contributed by atoms with Crippen molar-refractivity contribution in [2.75, 3.05) is 19.6 Å². The zero-order valence-corrected chi connectivity index (χ0v) is 23.3. The van der Waals surface area contributed by atoms with Crippen LogP contribution in [0.4, 0.5) is 14.4 Å². The Kier molecular flexibility index (Phi) is 14.9. The molecular formula is C24H50N4O6. The van der Waals surface area contributed by atoms with Crippen LogP contribution in [-0.4, -0.2) is 60.3 Å². The van der Waals surface area contributed by atoms with Gasteiger partial charge < -0.3 is 35.9 Å². The first-order chi connectivity index (χ1) is 15.3. The van der Waals surface area contributed by atoms with Gasteiger partial charge in [-0.25, -0.2) is 14.4 Å². The van der Waals surface area contributed by atoms with Crippen LogP contribution in [0.15, 0.2) is 0 Å². The molecule has 0 spiro atoms. The Morgan fingerprint density at radius 3 is 0.941 bits per heavy atom. The highest BCUT2D eigenvalue weighted by atomic mass is 16.6. The van der Waals surface area contributed by atoms with E-state index in [4.69, 9.17) is 19.9 Å². The van der Waals surface area contributed by atoms with Gasteiger partial charge in [0.1, 0.15) is 16.8 Å². The molecule has 0 rings (SSSR count). The van der Waals surface area contributed by atoms with Gasteiger partial charge in [0, 0.05) is 25.2 Å². The molecule has 0 radical (unpaired) electrons. The topological polar surface area (TPSA) is 141 Å². The molecule has 0 aliphatic heterocycles. The fraction of sp³-hybridized carbons (Fsp3) is 0.875. The zero-order chi connectivity index (χ0) is 27.2. The first kappa shape index (κ1) is 33.9. The largest absolute Gasteiger partial charge is 0.444 e. The van der Waals surface area contributed by atoms with Crippen molar-refractivity contribution < 1.29 is 28.6 Å². The van der Waals surface area contributed by atoms with Crippen LogP contribution in [0.3, 0.4) is 0 Å². The molecule has 0 aliphatic rings. The quantitative estimate of drug-likeness (QED) is 0.350. The minimum absolute atomic E-state index is 0.282. The van der Waals surface area contributed by atoms with E-state index >= 15 is 0 Å². The van der Waals surface area contributed by atoms with Gasteiger partial charge in [-0.05, 0) is 81.6 Å². The number of hydrogen-bond donors (Lipinski definition) is 4. The standard InChI is InChI=1S/C22H44N4O6.C2H6/c1-19(2,3)30-16(27)24-13-10-22(23,11-14-25-17(28)31-20(4,5)6)12-15-26-18(29)32-21(7,8)9;1-2/h10-15,23H2,1-9H3,(H,24,27)(H,25,28)(H,26,29);1-2H3. The van der Waals surface area contributed by atoms with E-state index in [-0.39, 0.29) is 19.6 Å². The Bertz CT molecular complexity index is 535. The van der Waals surface area contributed by atoms with Crippen LogP contribution in [0.1, 0.15) is 95.4 Å². The smallest absolute Gasteiger partial charge is 0.407 e. The molecule has 202 valence electrons. The second-order valence-corrected chi connectivity index (χ2v) is 10.9. The molecule has 0 atom stereocenters. The van der Waals surface area contributed by atoms with Crippen molar-refractivity contribution in [2.45, 2.75) is 118 Å². The van der Waals surface area contributed by atoms with E-state index in [0.717, 1.165) is 0 Å². The van der Waals surface area contributed by atoms with Gasteiger partial charge in [0.15, 0.2) is 0 Å². The minimum atomic E-state index is -0.765. The van der Waals surface area contributed by atoms with Crippen molar-refractivity contribution in [2.24, 2.45) is 5.73 Å². The van der Waals surface area contributed by atoms with Gasteiger partial charge in [0.2, 0.25) is 0 Å². The summed E-state index contributed by atoms with van der Waals surface area (Å²) >= 11 is 0. The number of rotatable bonds is 9. The van der Waals surface area contributed by atoms with Crippen molar-refractivity contribution in [3.05, 3.63) is 0 Å². The Morgan fingerprint density at radius 1 is 0.559 bits per heavy atom. The number of nitrogens with one attached hydrogen (secondary N) is 3. The maximum absolute atomic E-state index is 11.9. The molecule has 0 aliphatic carbocycles. The normalized spacial score (nSPS) is 12.0. The number of alkyl carbamates (subject to hydrolysis) is 3. The van der Waals surface area contributed by atoms with Crippen LogP contribution in [0.5, 0.6) is 0 Å². The van der Waals surface area contributed by atoms with Gasteiger partial charge in [0.05, 0.1) is 0 Å². The van der Waals surface area contributed by atoms with E-state index in [1.165, 1.54) is 0 Å². The molecule has 0 aromatic heterocycles. The highest BCUT2D eigenvalue weighted by molar-refractivity contribution is 5.68. The molecule has 0 aromatic carbocycles. The van der Waals surface area contributed by atoms with Crippen LogP contribution in [0.25, 0.3) is 0 Å². The molecule has 10 nitrogen and oxygen atoms in total. The third kappa shape index (κ3) is 21.6. The SMILES string of the molecule is CC.CC(C)(C)OC(=O)NCCC(N)(CCNC(=O)OC(C)(C)C)CCNC(=O)OC(C)(C)C. The van der Waals surface area contributed by atoms with Gasteiger partial charge in [-0.3, -0.25) is 0 Å². The summed E-state index contributed by atoms with van der Waals surface area (Å²) < 4.78 is 15.7. The molecule has 0 saturated heterocycles. The lowest BCUT2D eigenvalue weighted by Gasteiger charge is -2.31. The summed E-state index contributed by atoms with van der Waals surface area (Å²) in [5, 5.41) is 8.07. The summed E-state index contributed by atoms with van der Waals surface area (Å²) in [6.45, 7) is 20.9. The van der Waals surface area contributed by atoms with E-state index in [2.05, 4.69) is 16.0 Å². The van der Waals surface area contributed by atoms with Crippen LogP contribution in [0, 0.1) is 0 Å². The monoisotopic (exact) mass is 490 g/mol. The Labute approximate surface area is 206 Å². The second-order valence-electron chi connectivity index (χ2n) is 10.9. The van der Waals surface area contributed by atoms with Gasteiger partial charge in [-0.15, -0.1) is 0 Å². The van der Waals surface area contributed by atoms with Crippen molar-refractivity contribution in [1.29, 1.82) is 0 Å². The summed E-state index contributed by atoms with van der Waals surface area (Å²) in [5.41, 5.74) is 4.00. The third-order valence-electron chi connectivity index (χ3n) is 3.87. The van der Waals surface area contributed by atoms with Gasteiger partial charge in [0.25, 0.3) is 0 Å². The summed E-state index contributed by atoms with van der Waals surface area (Å²) in [6, 6.07) is 0. The molecule has 0 bridgehead atoms. The third-order valence-corrected chi connectivity index (χ3v) is 3.87. The predicted octanol–water partition coefficient (Wildman–Crippen LogP) is 4.45. The summed E-state index contributed by atoms with van der Waals surface area (Å²) in [4.78, 5) is 35.7. The first-order valence-corrected chi connectivity index (χ1v) is 12.0. The van der Waals surface area contributed by atoms with Crippen LogP contribution < -0.4 is 21.7 Å². The number of hydrogen-bond acceptors (Lipinski definition) is 7. The molecule has 0 aromatic rings. The lowest BCUT2D eigenvalue weighted by molar-refractivity contribution is 0.0519. The van der Waals surface area contributed by atoms with Crippen molar-refractivity contribution in [3.8, 4) is 0 Å². The average Bonchev–Trinajstić information content (AvgIpc) is 2.58. The number of ether oxygens (including phenoxy) is 3. The zero-order valence-electron chi connectivity index (χ0n) is 23.3. The highest BCUT2D eigenvalue weighted by Gasteiger charge is 2.27. The molecule has 34 heavy (non-hydrogen) atoms. The predicted molar refractivity (Wildman–Crippen MR) is 135 cm³/mol. The highest BCUT2D eigenvalue weighted by Crippen LogP contribution is 2.17. The number of carbonyl (C=O) groups is 3. The summed E-state index contributed by atoms with van der Waals surface area (Å²) in [6.07, 6.45) is -0.342. The molecule has 0 heterocycles. The van der Waals surface area contributed by atoms with Gasteiger partial charge in [-0.1, -0.05) is 13.8 Å². The molecule has 0 fully saturated rings. The molecule has 10 heteroatoms. The van der Waals surface area contributed by atoms with Gasteiger partial charge in [-0.2, -0.15) is 0 Å². The Hall–Kier alpha value is -2.23. The van der Waals surface area contributed by atoms with Crippen LogP contribution in [0.2, 0.25) is 0 Å². The fourth-order valence-corrected chi connectivity index (χ4v) is 2.56. The number of nitrogens with two attached hydrogens (primary N) is 1. The van der Waals surface area contributed by atoms with Crippen molar-refractivity contribution in [3.63, 3.8) is 0 Å². The molecule has 3 amide bonds. The minimum Gasteiger partial charge on any atom is -0.444 e. The lowest BCUT2D eigenvalue weighted by Crippen LogP contribution is -2.48. The van der Waals surface area contributed by atoms with E-state index in [9.17, 15) is 14.4 Å². The lowest BCUT2D eigenvalue weighted by atomic mass is 9.88. The first-order valence-electron chi connectivity index (χ1n) is 12.0. The molecule has 0 unspecified atom stereocenters. The maximum atomic E-state index is 11.9. The number of amides is 3. The van der Waals surface area contributed by atoms with Crippen LogP contribution in [-0.2, 0) is 14.2 Å². The van der Waals surface area contributed by atoms with E-state index in [0.29, 0.717) is 19.3 Å². The van der Waals surface area contributed by atoms with Crippen LogP contribution >= 0.6 is 0 Å². The molecule has 0 saturated carbocycles.